The molecule has 4 rings (SSSR count). The molecule has 1 aromatic carbocycles. The number of hydrogen-bond acceptors (Lipinski definition) is 5. The van der Waals surface area contributed by atoms with E-state index in [1.165, 1.54) is 17.4 Å². The van der Waals surface area contributed by atoms with E-state index >= 15 is 0 Å². The second-order valence-electron chi connectivity index (χ2n) is 7.29. The minimum atomic E-state index is -3.39. The molecule has 2 aliphatic rings. The van der Waals surface area contributed by atoms with Gasteiger partial charge in [0.15, 0.2) is 0 Å². The Labute approximate surface area is 161 Å². The van der Waals surface area contributed by atoms with Gasteiger partial charge in [-0.1, -0.05) is 18.2 Å². The second kappa shape index (κ2) is 7.48. The molecule has 2 aromatic rings. The number of nitrogens with one attached hydrogen (secondary N) is 1. The molecule has 1 fully saturated rings. The van der Waals surface area contributed by atoms with Crippen molar-refractivity contribution in [3.63, 3.8) is 0 Å². The highest BCUT2D eigenvalue weighted by Crippen LogP contribution is 2.31. The van der Waals surface area contributed by atoms with Crippen LogP contribution in [0.4, 0.5) is 11.5 Å². The third-order valence-corrected chi connectivity index (χ3v) is 7.33. The average molecular weight is 387 g/mol. The number of benzene rings is 1. The lowest BCUT2D eigenvalue weighted by Gasteiger charge is -2.25. The van der Waals surface area contributed by atoms with Crippen molar-refractivity contribution in [2.45, 2.75) is 37.1 Å². The van der Waals surface area contributed by atoms with Crippen LogP contribution in [0.25, 0.3) is 0 Å². The molecule has 0 amide bonds. The van der Waals surface area contributed by atoms with Gasteiger partial charge in [0.2, 0.25) is 10.0 Å². The molecular formula is C20H26N4O2S. The second-order valence-corrected chi connectivity index (χ2v) is 9.23. The largest absolute Gasteiger partial charge is 0.368 e. The number of nitrogens with zero attached hydrogens (tertiary/aromatic N) is 3. The van der Waals surface area contributed by atoms with Crippen LogP contribution >= 0.6 is 0 Å². The Morgan fingerprint density at radius 1 is 1.15 bits per heavy atom. The van der Waals surface area contributed by atoms with Crippen LogP contribution in [-0.4, -0.2) is 49.9 Å². The molecule has 1 unspecified atom stereocenters. The molecule has 0 aliphatic carbocycles. The SMILES string of the molecule is CC1Cc2ccccc2N1CCNc1ccc(S(=O)(=O)N2CCCC2)cn1. The summed E-state index contributed by atoms with van der Waals surface area (Å²) >= 11 is 0. The quantitative estimate of drug-likeness (QED) is 0.827. The normalized spacial score (nSPS) is 20.0. The van der Waals surface area contributed by atoms with E-state index in [0.29, 0.717) is 24.9 Å². The smallest absolute Gasteiger partial charge is 0.244 e. The first kappa shape index (κ1) is 18.3. The van der Waals surface area contributed by atoms with Crippen LogP contribution < -0.4 is 10.2 Å². The van der Waals surface area contributed by atoms with Crippen LogP contribution in [0.2, 0.25) is 0 Å². The van der Waals surface area contributed by atoms with Crippen LogP contribution in [0.5, 0.6) is 0 Å². The van der Waals surface area contributed by atoms with Gasteiger partial charge in [0, 0.05) is 44.1 Å². The maximum absolute atomic E-state index is 12.5. The van der Waals surface area contributed by atoms with E-state index < -0.39 is 10.0 Å². The molecule has 0 spiro atoms. The zero-order chi connectivity index (χ0) is 18.9. The lowest BCUT2D eigenvalue weighted by Crippen LogP contribution is -2.33. The summed E-state index contributed by atoms with van der Waals surface area (Å²) in [6.45, 7) is 5.10. The highest BCUT2D eigenvalue weighted by atomic mass is 32.2. The lowest BCUT2D eigenvalue weighted by molar-refractivity contribution is 0.477. The van der Waals surface area contributed by atoms with Gasteiger partial charge in [-0.05, 0) is 49.9 Å². The Bertz CT molecular complexity index is 892. The average Bonchev–Trinajstić information content (AvgIpc) is 3.31. The van der Waals surface area contributed by atoms with Crippen molar-refractivity contribution in [3.8, 4) is 0 Å². The fourth-order valence-corrected chi connectivity index (χ4v) is 5.45. The van der Waals surface area contributed by atoms with E-state index in [1.807, 2.05) is 0 Å². The summed E-state index contributed by atoms with van der Waals surface area (Å²) in [6, 6.07) is 12.4. The molecule has 3 heterocycles. The monoisotopic (exact) mass is 386 g/mol. The molecule has 144 valence electrons. The molecule has 1 atom stereocenters. The van der Waals surface area contributed by atoms with Crippen molar-refractivity contribution < 1.29 is 8.42 Å². The van der Waals surface area contributed by atoms with Crippen molar-refractivity contribution >= 4 is 21.5 Å². The summed E-state index contributed by atoms with van der Waals surface area (Å²) < 4.78 is 26.6. The van der Waals surface area contributed by atoms with E-state index in [0.717, 1.165) is 32.4 Å². The standard InChI is InChI=1S/C20H26N4O2S/c1-16-14-17-6-2-3-7-19(17)24(16)13-10-21-20-9-8-18(15-22-20)27(25,26)23-11-4-5-12-23/h2-3,6-9,15-16H,4-5,10-14H2,1H3,(H,21,22). The van der Waals surface area contributed by atoms with Crippen LogP contribution in [0.3, 0.4) is 0 Å². The fourth-order valence-electron chi connectivity index (χ4n) is 3.99. The number of anilines is 2. The Morgan fingerprint density at radius 3 is 2.67 bits per heavy atom. The predicted octanol–water partition coefficient (Wildman–Crippen LogP) is 2.73. The Morgan fingerprint density at radius 2 is 1.93 bits per heavy atom. The molecule has 6 nitrogen and oxygen atoms in total. The number of pyridine rings is 1. The summed E-state index contributed by atoms with van der Waals surface area (Å²) in [4.78, 5) is 6.99. The highest BCUT2D eigenvalue weighted by molar-refractivity contribution is 7.89. The molecule has 0 bridgehead atoms. The van der Waals surface area contributed by atoms with Gasteiger partial charge in [0.05, 0.1) is 0 Å². The molecule has 0 saturated carbocycles. The molecular weight excluding hydrogens is 360 g/mol. The molecule has 7 heteroatoms. The zero-order valence-electron chi connectivity index (χ0n) is 15.6. The van der Waals surface area contributed by atoms with Crippen LogP contribution in [0.1, 0.15) is 25.3 Å². The first-order valence-corrected chi connectivity index (χ1v) is 11.0. The summed E-state index contributed by atoms with van der Waals surface area (Å²) in [5, 5.41) is 3.31. The predicted molar refractivity (Wildman–Crippen MR) is 108 cm³/mol. The Hall–Kier alpha value is -2.12. The lowest BCUT2D eigenvalue weighted by atomic mass is 10.1. The van der Waals surface area contributed by atoms with E-state index in [9.17, 15) is 8.42 Å². The number of para-hydroxylation sites is 1. The van der Waals surface area contributed by atoms with Crippen LogP contribution in [0.15, 0.2) is 47.5 Å². The fraction of sp³-hybridized carbons (Fsp3) is 0.450. The minimum Gasteiger partial charge on any atom is -0.368 e. The van der Waals surface area contributed by atoms with Gasteiger partial charge in [0.25, 0.3) is 0 Å². The number of aromatic nitrogens is 1. The third kappa shape index (κ3) is 3.66. The number of hydrogen-bond donors (Lipinski definition) is 1. The van der Waals surface area contributed by atoms with Crippen molar-refractivity contribution in [2.75, 3.05) is 36.4 Å². The van der Waals surface area contributed by atoms with E-state index in [4.69, 9.17) is 0 Å². The molecule has 27 heavy (non-hydrogen) atoms. The Balaban J connectivity index is 1.36. The minimum absolute atomic E-state index is 0.275. The van der Waals surface area contributed by atoms with E-state index in [1.54, 1.807) is 16.4 Å². The molecule has 1 saturated heterocycles. The van der Waals surface area contributed by atoms with Crippen molar-refractivity contribution in [1.82, 2.24) is 9.29 Å². The molecule has 1 N–H and O–H groups in total. The van der Waals surface area contributed by atoms with Crippen molar-refractivity contribution in [2.24, 2.45) is 0 Å². The van der Waals surface area contributed by atoms with E-state index in [2.05, 4.69) is 46.4 Å². The van der Waals surface area contributed by atoms with Crippen LogP contribution in [-0.2, 0) is 16.4 Å². The number of rotatable bonds is 6. The summed E-state index contributed by atoms with van der Waals surface area (Å²) in [7, 11) is -3.39. The summed E-state index contributed by atoms with van der Waals surface area (Å²) in [6.07, 6.45) is 4.41. The van der Waals surface area contributed by atoms with Crippen molar-refractivity contribution in [1.29, 1.82) is 0 Å². The molecule has 0 radical (unpaired) electrons. The topological polar surface area (TPSA) is 65.5 Å². The summed E-state index contributed by atoms with van der Waals surface area (Å²) in [5.41, 5.74) is 2.71. The van der Waals surface area contributed by atoms with Gasteiger partial charge in [-0.2, -0.15) is 4.31 Å². The van der Waals surface area contributed by atoms with Gasteiger partial charge < -0.3 is 10.2 Å². The van der Waals surface area contributed by atoms with Gasteiger partial charge in [0.1, 0.15) is 10.7 Å². The summed E-state index contributed by atoms with van der Waals surface area (Å²) in [5.74, 6) is 0.704. The van der Waals surface area contributed by atoms with Crippen molar-refractivity contribution in [3.05, 3.63) is 48.2 Å². The van der Waals surface area contributed by atoms with Gasteiger partial charge in [-0.25, -0.2) is 13.4 Å². The van der Waals surface area contributed by atoms with Gasteiger partial charge >= 0.3 is 0 Å². The molecule has 1 aromatic heterocycles. The maximum atomic E-state index is 12.5. The Kier molecular flexibility index (Phi) is 5.06. The number of sulfonamides is 1. The number of fused-ring (bicyclic) bond motifs is 1. The van der Waals surface area contributed by atoms with E-state index in [-0.39, 0.29) is 4.90 Å². The molecule has 2 aliphatic heterocycles. The highest BCUT2D eigenvalue weighted by Gasteiger charge is 2.27. The first-order chi connectivity index (χ1) is 13.1. The third-order valence-electron chi connectivity index (χ3n) is 5.45. The van der Waals surface area contributed by atoms with Crippen LogP contribution in [0, 0.1) is 0 Å². The maximum Gasteiger partial charge on any atom is 0.244 e. The first-order valence-electron chi connectivity index (χ1n) is 9.60. The zero-order valence-corrected chi connectivity index (χ0v) is 16.5. The van der Waals surface area contributed by atoms with Gasteiger partial charge in [-0.15, -0.1) is 0 Å². The van der Waals surface area contributed by atoms with Gasteiger partial charge in [-0.3, -0.25) is 0 Å².